The summed E-state index contributed by atoms with van der Waals surface area (Å²) < 4.78 is 12.8. The minimum absolute atomic E-state index is 0.0279. The second-order valence-corrected chi connectivity index (χ2v) is 4.50. The fourth-order valence-corrected chi connectivity index (χ4v) is 1.98. The Kier molecular flexibility index (Phi) is 4.01. The molecular weight excluding hydrogens is 249 g/mol. The van der Waals surface area contributed by atoms with Gasteiger partial charge in [-0.3, -0.25) is 4.79 Å². The Hall–Kier alpha value is -2.08. The fourth-order valence-electron chi connectivity index (χ4n) is 1.98. The predicted octanol–water partition coefficient (Wildman–Crippen LogP) is 0.488. The molecule has 5 N–H and O–H groups in total. The van der Waals surface area contributed by atoms with Crippen molar-refractivity contribution in [2.24, 2.45) is 5.73 Å². The van der Waals surface area contributed by atoms with Crippen LogP contribution in [-0.4, -0.2) is 29.7 Å². The summed E-state index contributed by atoms with van der Waals surface area (Å²) in [6.07, 6.45) is 2.13. The number of nitrogens with one attached hydrogen (secondary N) is 2. The quantitative estimate of drug-likeness (QED) is 0.636. The molecule has 0 bridgehead atoms. The van der Waals surface area contributed by atoms with E-state index < -0.39 is 12.0 Å². The smallest absolute Gasteiger partial charge is 0.320 e. The number of rotatable bonds is 4. The van der Waals surface area contributed by atoms with Gasteiger partial charge in [0.25, 0.3) is 0 Å². The Morgan fingerprint density at radius 2 is 2.16 bits per heavy atom. The lowest BCUT2D eigenvalue weighted by Crippen LogP contribution is -2.30. The number of aliphatic carboxylic acids is 1. The van der Waals surface area contributed by atoms with Crippen LogP contribution in [0.15, 0.2) is 30.5 Å². The van der Waals surface area contributed by atoms with E-state index in [9.17, 15) is 9.18 Å². The number of hydrogen-bond acceptors (Lipinski definition) is 4. The van der Waals surface area contributed by atoms with Crippen molar-refractivity contribution in [2.45, 2.75) is 18.5 Å². The van der Waals surface area contributed by atoms with Crippen LogP contribution in [-0.2, 0) is 4.79 Å². The minimum Gasteiger partial charge on any atom is -0.480 e. The summed E-state index contributed by atoms with van der Waals surface area (Å²) in [6, 6.07) is 5.38. The molecule has 102 valence electrons. The van der Waals surface area contributed by atoms with Crippen LogP contribution in [0.5, 0.6) is 0 Å². The Bertz CT molecular complexity index is 487. The topological polar surface area (TPSA) is 87.4 Å². The van der Waals surface area contributed by atoms with Crippen molar-refractivity contribution in [1.82, 2.24) is 10.6 Å². The SMILES string of the molecule is N/C(=C\NC1CNC(C(=O)O)C1)c1ccc(F)cc1. The molecule has 5 nitrogen and oxygen atoms in total. The molecule has 19 heavy (non-hydrogen) atoms. The van der Waals surface area contributed by atoms with Crippen LogP contribution in [0.25, 0.3) is 5.70 Å². The first-order valence-corrected chi connectivity index (χ1v) is 6.00. The van der Waals surface area contributed by atoms with Crippen molar-refractivity contribution in [2.75, 3.05) is 6.54 Å². The Morgan fingerprint density at radius 1 is 1.47 bits per heavy atom. The maximum atomic E-state index is 12.8. The molecule has 0 spiro atoms. The van der Waals surface area contributed by atoms with Gasteiger partial charge in [-0.1, -0.05) is 0 Å². The summed E-state index contributed by atoms with van der Waals surface area (Å²) in [6.45, 7) is 0.574. The van der Waals surface area contributed by atoms with Crippen LogP contribution in [0.3, 0.4) is 0 Å². The van der Waals surface area contributed by atoms with E-state index in [0.29, 0.717) is 18.7 Å². The van der Waals surface area contributed by atoms with E-state index in [0.717, 1.165) is 5.56 Å². The van der Waals surface area contributed by atoms with Crippen molar-refractivity contribution in [3.05, 3.63) is 41.8 Å². The van der Waals surface area contributed by atoms with E-state index in [-0.39, 0.29) is 11.9 Å². The Balaban J connectivity index is 1.92. The highest BCUT2D eigenvalue weighted by Gasteiger charge is 2.28. The molecule has 0 saturated carbocycles. The average molecular weight is 265 g/mol. The largest absolute Gasteiger partial charge is 0.480 e. The van der Waals surface area contributed by atoms with Crippen molar-refractivity contribution in [3.8, 4) is 0 Å². The molecule has 1 aromatic rings. The van der Waals surface area contributed by atoms with Gasteiger partial charge in [-0.15, -0.1) is 0 Å². The second-order valence-electron chi connectivity index (χ2n) is 4.50. The van der Waals surface area contributed by atoms with Gasteiger partial charge >= 0.3 is 5.97 Å². The summed E-state index contributed by atoms with van der Waals surface area (Å²) in [5, 5.41) is 14.8. The number of halogens is 1. The zero-order chi connectivity index (χ0) is 13.8. The summed E-state index contributed by atoms with van der Waals surface area (Å²) >= 11 is 0. The van der Waals surface area contributed by atoms with Gasteiger partial charge in [0.15, 0.2) is 0 Å². The van der Waals surface area contributed by atoms with Gasteiger partial charge in [-0.2, -0.15) is 0 Å². The molecule has 0 aliphatic carbocycles. The Morgan fingerprint density at radius 3 is 2.74 bits per heavy atom. The molecule has 1 aliphatic heterocycles. The second kappa shape index (κ2) is 5.71. The minimum atomic E-state index is -0.847. The van der Waals surface area contributed by atoms with Crippen molar-refractivity contribution >= 4 is 11.7 Å². The van der Waals surface area contributed by atoms with Gasteiger partial charge < -0.3 is 21.5 Å². The van der Waals surface area contributed by atoms with Gasteiger partial charge in [0, 0.05) is 18.8 Å². The highest BCUT2D eigenvalue weighted by Crippen LogP contribution is 2.11. The third-order valence-electron chi connectivity index (χ3n) is 3.08. The lowest BCUT2D eigenvalue weighted by atomic mass is 10.1. The number of carbonyl (C=O) groups is 1. The maximum Gasteiger partial charge on any atom is 0.320 e. The molecule has 1 fully saturated rings. The first-order valence-electron chi connectivity index (χ1n) is 6.00. The third kappa shape index (κ3) is 3.45. The molecule has 1 heterocycles. The standard InChI is InChI=1S/C13H16FN3O2/c14-9-3-1-8(2-4-9)11(15)7-16-10-5-12(13(18)19)17-6-10/h1-4,7,10,12,16-17H,5-6,15H2,(H,18,19)/b11-7-. The molecule has 1 aromatic carbocycles. The molecule has 0 amide bonds. The lowest BCUT2D eigenvalue weighted by Gasteiger charge is -2.10. The van der Waals surface area contributed by atoms with Crippen LogP contribution in [0.2, 0.25) is 0 Å². The third-order valence-corrected chi connectivity index (χ3v) is 3.08. The number of hydrogen-bond donors (Lipinski definition) is 4. The van der Waals surface area contributed by atoms with Crippen LogP contribution in [0.1, 0.15) is 12.0 Å². The molecule has 0 radical (unpaired) electrons. The normalized spacial score (nSPS) is 23.3. The molecule has 0 aromatic heterocycles. The molecule has 1 saturated heterocycles. The van der Waals surface area contributed by atoms with Gasteiger partial charge in [-0.25, -0.2) is 4.39 Å². The van der Waals surface area contributed by atoms with Gasteiger partial charge in [0.05, 0.1) is 5.70 Å². The maximum absolute atomic E-state index is 12.8. The molecule has 6 heteroatoms. The number of benzene rings is 1. The summed E-state index contributed by atoms with van der Waals surface area (Å²) in [5.74, 6) is -1.16. The lowest BCUT2D eigenvalue weighted by molar-refractivity contribution is -0.139. The van der Waals surface area contributed by atoms with Crippen molar-refractivity contribution < 1.29 is 14.3 Å². The average Bonchev–Trinajstić information content (AvgIpc) is 2.86. The van der Waals surface area contributed by atoms with E-state index in [2.05, 4.69) is 10.6 Å². The first-order chi connectivity index (χ1) is 9.06. The molecule has 1 aliphatic rings. The van der Waals surface area contributed by atoms with Crippen LogP contribution in [0.4, 0.5) is 4.39 Å². The van der Waals surface area contributed by atoms with Crippen LogP contribution >= 0.6 is 0 Å². The molecule has 2 rings (SSSR count). The van der Waals surface area contributed by atoms with E-state index in [1.807, 2.05) is 0 Å². The van der Waals surface area contributed by atoms with Crippen LogP contribution < -0.4 is 16.4 Å². The van der Waals surface area contributed by atoms with E-state index in [4.69, 9.17) is 10.8 Å². The fraction of sp³-hybridized carbons (Fsp3) is 0.308. The van der Waals surface area contributed by atoms with E-state index >= 15 is 0 Å². The number of nitrogens with two attached hydrogens (primary N) is 1. The molecule has 2 unspecified atom stereocenters. The van der Waals surface area contributed by atoms with Gasteiger partial charge in [-0.05, 0) is 36.2 Å². The monoisotopic (exact) mass is 265 g/mol. The van der Waals surface area contributed by atoms with Crippen LogP contribution in [0, 0.1) is 5.82 Å². The first kappa shape index (κ1) is 13.4. The molecular formula is C13H16FN3O2. The van der Waals surface area contributed by atoms with Gasteiger partial charge in [0.2, 0.25) is 0 Å². The summed E-state index contributed by atoms with van der Waals surface area (Å²) in [7, 11) is 0. The van der Waals surface area contributed by atoms with Crippen molar-refractivity contribution in [1.29, 1.82) is 0 Å². The highest BCUT2D eigenvalue weighted by molar-refractivity contribution is 5.74. The summed E-state index contributed by atoms with van der Waals surface area (Å²) in [5.41, 5.74) is 7.06. The predicted molar refractivity (Wildman–Crippen MR) is 69.5 cm³/mol. The number of carboxylic acids is 1. The highest BCUT2D eigenvalue weighted by atomic mass is 19.1. The van der Waals surface area contributed by atoms with E-state index in [1.54, 1.807) is 18.3 Å². The zero-order valence-electron chi connectivity index (χ0n) is 10.3. The summed E-state index contributed by atoms with van der Waals surface area (Å²) in [4.78, 5) is 10.8. The van der Waals surface area contributed by atoms with Gasteiger partial charge in [0.1, 0.15) is 11.9 Å². The zero-order valence-corrected chi connectivity index (χ0v) is 10.3. The van der Waals surface area contributed by atoms with Crippen molar-refractivity contribution in [3.63, 3.8) is 0 Å². The van der Waals surface area contributed by atoms with E-state index in [1.165, 1.54) is 12.1 Å². The number of carboxylic acid groups (broad SMARTS) is 1. The Labute approximate surface area is 110 Å². The molecule has 2 atom stereocenters.